The lowest BCUT2D eigenvalue weighted by Gasteiger charge is -2.10. The van der Waals surface area contributed by atoms with E-state index in [0.717, 1.165) is 6.07 Å². The summed E-state index contributed by atoms with van der Waals surface area (Å²) in [6, 6.07) is 1.85. The Kier molecular flexibility index (Phi) is 5.43. The number of nitro benzene ring substituents is 1. The van der Waals surface area contributed by atoms with Crippen molar-refractivity contribution in [3.8, 4) is 11.5 Å². The lowest BCUT2D eigenvalue weighted by atomic mass is 10.0. The van der Waals surface area contributed by atoms with Gasteiger partial charge in [-0.2, -0.15) is 0 Å². The van der Waals surface area contributed by atoms with E-state index in [1.165, 1.54) is 6.07 Å². The van der Waals surface area contributed by atoms with Crippen LogP contribution in [0.25, 0.3) is 0 Å². The van der Waals surface area contributed by atoms with Crippen LogP contribution >= 0.6 is 12.4 Å². The molecule has 0 radical (unpaired) electrons. The second-order valence-corrected chi connectivity index (χ2v) is 3.30. The van der Waals surface area contributed by atoms with Gasteiger partial charge in [-0.15, -0.1) is 19.0 Å². The van der Waals surface area contributed by atoms with E-state index in [1.54, 1.807) is 6.08 Å². The molecule has 0 saturated carbocycles. The maximum Gasteiger partial charge on any atom is 0.314 e. The highest BCUT2D eigenvalue weighted by molar-refractivity contribution is 5.85. The lowest BCUT2D eigenvalue weighted by Crippen LogP contribution is -2.09. The van der Waals surface area contributed by atoms with Crippen LogP contribution in [0.15, 0.2) is 24.8 Å². The third-order valence-corrected chi connectivity index (χ3v) is 2.14. The SMILES string of the molecule is C=CC[C@@H](N)c1cc(O)c(O)c([N+](=O)[O-])c1.Cl. The van der Waals surface area contributed by atoms with Crippen molar-refractivity contribution in [2.45, 2.75) is 12.5 Å². The highest BCUT2D eigenvalue weighted by atomic mass is 35.5. The lowest BCUT2D eigenvalue weighted by molar-refractivity contribution is -0.386. The summed E-state index contributed by atoms with van der Waals surface area (Å²) < 4.78 is 0. The molecule has 4 N–H and O–H groups in total. The molecule has 0 unspecified atom stereocenters. The van der Waals surface area contributed by atoms with Crippen molar-refractivity contribution < 1.29 is 15.1 Å². The highest BCUT2D eigenvalue weighted by Crippen LogP contribution is 2.37. The minimum Gasteiger partial charge on any atom is -0.504 e. The molecule has 0 aliphatic heterocycles. The summed E-state index contributed by atoms with van der Waals surface area (Å²) in [6.45, 7) is 3.50. The van der Waals surface area contributed by atoms with E-state index >= 15 is 0 Å². The molecule has 0 aliphatic rings. The Bertz CT molecular complexity index is 437. The van der Waals surface area contributed by atoms with Crippen molar-refractivity contribution in [1.82, 2.24) is 0 Å². The number of aromatic hydroxyl groups is 2. The van der Waals surface area contributed by atoms with Crippen LogP contribution in [0, 0.1) is 10.1 Å². The molecule has 7 heteroatoms. The Hall–Kier alpha value is -1.79. The summed E-state index contributed by atoms with van der Waals surface area (Å²) in [7, 11) is 0. The molecule has 0 spiro atoms. The summed E-state index contributed by atoms with van der Waals surface area (Å²) in [6.07, 6.45) is 1.99. The normalized spacial score (nSPS) is 11.4. The van der Waals surface area contributed by atoms with E-state index in [9.17, 15) is 20.3 Å². The van der Waals surface area contributed by atoms with Crippen molar-refractivity contribution in [1.29, 1.82) is 0 Å². The largest absolute Gasteiger partial charge is 0.504 e. The summed E-state index contributed by atoms with van der Waals surface area (Å²) in [5.41, 5.74) is 5.52. The molecule has 94 valence electrons. The predicted octanol–water partition coefficient (Wildman–Crippen LogP) is 2.00. The van der Waals surface area contributed by atoms with Gasteiger partial charge in [-0.3, -0.25) is 10.1 Å². The van der Waals surface area contributed by atoms with Crippen LogP contribution in [0.1, 0.15) is 18.0 Å². The first-order valence-corrected chi connectivity index (χ1v) is 4.54. The Morgan fingerprint density at radius 3 is 2.59 bits per heavy atom. The minimum absolute atomic E-state index is 0. The Balaban J connectivity index is 0.00000256. The monoisotopic (exact) mass is 260 g/mol. The van der Waals surface area contributed by atoms with Crippen molar-refractivity contribution >= 4 is 18.1 Å². The number of halogens is 1. The molecule has 0 heterocycles. The van der Waals surface area contributed by atoms with Crippen LogP contribution in [-0.2, 0) is 0 Å². The molecular formula is C10H13ClN2O4. The van der Waals surface area contributed by atoms with E-state index in [0.29, 0.717) is 12.0 Å². The maximum atomic E-state index is 10.6. The van der Waals surface area contributed by atoms with Gasteiger partial charge in [0.1, 0.15) is 0 Å². The predicted molar refractivity (Wildman–Crippen MR) is 65.4 cm³/mol. The van der Waals surface area contributed by atoms with Crippen molar-refractivity contribution in [2.24, 2.45) is 5.73 Å². The number of nitrogens with two attached hydrogens (primary N) is 1. The average Bonchev–Trinajstić information content (AvgIpc) is 2.21. The van der Waals surface area contributed by atoms with Crippen molar-refractivity contribution in [3.63, 3.8) is 0 Å². The van der Waals surface area contributed by atoms with Gasteiger partial charge in [0.25, 0.3) is 0 Å². The fourth-order valence-corrected chi connectivity index (χ4v) is 1.29. The summed E-state index contributed by atoms with van der Waals surface area (Å²) in [5, 5.41) is 29.1. The molecule has 1 aromatic carbocycles. The molecule has 0 fully saturated rings. The molecule has 17 heavy (non-hydrogen) atoms. The molecule has 0 bridgehead atoms. The van der Waals surface area contributed by atoms with Crippen LogP contribution in [0.2, 0.25) is 0 Å². The van der Waals surface area contributed by atoms with Crippen molar-refractivity contribution in [2.75, 3.05) is 0 Å². The van der Waals surface area contributed by atoms with Crippen LogP contribution in [0.4, 0.5) is 5.69 Å². The number of hydrogen-bond donors (Lipinski definition) is 3. The first-order chi connectivity index (χ1) is 7.47. The third-order valence-electron chi connectivity index (χ3n) is 2.14. The molecular weight excluding hydrogens is 248 g/mol. The standard InChI is InChI=1S/C10H12N2O4.ClH/c1-2-3-7(11)6-4-8(12(15)16)10(14)9(13)5-6;/h2,4-5,7,13-14H,1,3,11H2;1H/t7-;/m1./s1. The van der Waals surface area contributed by atoms with Gasteiger partial charge >= 0.3 is 5.69 Å². The fraction of sp³-hybridized carbons (Fsp3) is 0.200. The number of phenolic OH excluding ortho intramolecular Hbond substituents is 2. The van der Waals surface area contributed by atoms with E-state index in [4.69, 9.17) is 5.73 Å². The smallest absolute Gasteiger partial charge is 0.314 e. The molecule has 0 amide bonds. The number of rotatable bonds is 4. The van der Waals surface area contributed by atoms with E-state index in [2.05, 4.69) is 6.58 Å². The van der Waals surface area contributed by atoms with Crippen molar-refractivity contribution in [3.05, 3.63) is 40.5 Å². The van der Waals surface area contributed by atoms with Gasteiger partial charge in [-0.05, 0) is 18.1 Å². The van der Waals surface area contributed by atoms with E-state index < -0.39 is 28.2 Å². The summed E-state index contributed by atoms with van der Waals surface area (Å²) >= 11 is 0. The van der Waals surface area contributed by atoms with Gasteiger partial charge in [0.15, 0.2) is 5.75 Å². The third kappa shape index (κ3) is 3.33. The quantitative estimate of drug-likeness (QED) is 0.332. The molecule has 0 saturated heterocycles. The van der Waals surface area contributed by atoms with Gasteiger partial charge in [0.05, 0.1) is 4.92 Å². The van der Waals surface area contributed by atoms with Gasteiger partial charge in [-0.25, -0.2) is 0 Å². The first-order valence-electron chi connectivity index (χ1n) is 4.54. The number of nitro groups is 1. The topological polar surface area (TPSA) is 110 Å². The van der Waals surface area contributed by atoms with Gasteiger partial charge in [0.2, 0.25) is 5.75 Å². The Morgan fingerprint density at radius 2 is 2.12 bits per heavy atom. The fourth-order valence-electron chi connectivity index (χ4n) is 1.29. The van der Waals surface area contributed by atoms with E-state index in [1.807, 2.05) is 0 Å². The molecule has 1 rings (SSSR count). The Morgan fingerprint density at radius 1 is 1.53 bits per heavy atom. The zero-order valence-electron chi connectivity index (χ0n) is 8.87. The second-order valence-electron chi connectivity index (χ2n) is 3.30. The molecule has 6 nitrogen and oxygen atoms in total. The average molecular weight is 261 g/mol. The van der Waals surface area contributed by atoms with Crippen LogP contribution < -0.4 is 5.73 Å². The van der Waals surface area contributed by atoms with Gasteiger partial charge < -0.3 is 15.9 Å². The first kappa shape index (κ1) is 15.2. The van der Waals surface area contributed by atoms with Crippen LogP contribution in [0.3, 0.4) is 0 Å². The number of phenols is 2. The number of nitrogens with zero attached hydrogens (tertiary/aromatic N) is 1. The number of benzene rings is 1. The molecule has 1 atom stereocenters. The summed E-state index contributed by atoms with van der Waals surface area (Å²) in [5.74, 6) is -1.30. The zero-order valence-corrected chi connectivity index (χ0v) is 9.68. The van der Waals surface area contributed by atoms with Gasteiger partial charge in [0, 0.05) is 12.1 Å². The van der Waals surface area contributed by atoms with E-state index in [-0.39, 0.29) is 12.4 Å². The summed E-state index contributed by atoms with van der Waals surface area (Å²) in [4.78, 5) is 9.80. The molecule has 1 aromatic rings. The highest BCUT2D eigenvalue weighted by Gasteiger charge is 2.20. The zero-order chi connectivity index (χ0) is 12.3. The minimum atomic E-state index is -0.779. The maximum absolute atomic E-state index is 10.6. The Labute approximate surface area is 104 Å². The van der Waals surface area contributed by atoms with Gasteiger partial charge in [-0.1, -0.05) is 6.08 Å². The molecule has 0 aliphatic carbocycles. The van der Waals surface area contributed by atoms with Crippen LogP contribution in [-0.4, -0.2) is 15.1 Å². The second kappa shape index (κ2) is 6.07. The number of hydrogen-bond acceptors (Lipinski definition) is 5. The molecule has 0 aromatic heterocycles. The van der Waals surface area contributed by atoms with Crippen LogP contribution in [0.5, 0.6) is 11.5 Å².